The Bertz CT molecular complexity index is 1280. The summed E-state index contributed by atoms with van der Waals surface area (Å²) >= 11 is 1.82. The second-order valence-corrected chi connectivity index (χ2v) is 10.6. The van der Waals surface area contributed by atoms with E-state index in [0.29, 0.717) is 29.7 Å². The SMILES string of the molecule is COc1cc(-c2[nH]c3sc(C4CCC(NC5COC5)CC4)nc3c2C(C)C)cn2ncnc12. The Morgan fingerprint density at radius 1 is 1.21 bits per heavy atom. The molecule has 0 unspecified atom stereocenters. The molecule has 0 amide bonds. The number of thiazole rings is 1. The maximum atomic E-state index is 5.58. The molecular weight excluding hydrogens is 436 g/mol. The Morgan fingerprint density at radius 2 is 2.03 bits per heavy atom. The molecule has 1 saturated carbocycles. The summed E-state index contributed by atoms with van der Waals surface area (Å²) in [7, 11) is 1.67. The molecule has 0 atom stereocenters. The molecule has 33 heavy (non-hydrogen) atoms. The number of ether oxygens (including phenoxy) is 2. The molecule has 2 fully saturated rings. The summed E-state index contributed by atoms with van der Waals surface area (Å²) in [6.07, 6.45) is 8.39. The number of pyridine rings is 1. The van der Waals surface area contributed by atoms with Crippen LogP contribution in [0.25, 0.3) is 27.3 Å². The van der Waals surface area contributed by atoms with Gasteiger partial charge in [-0.05, 0) is 37.7 Å². The van der Waals surface area contributed by atoms with Gasteiger partial charge in [-0.1, -0.05) is 13.8 Å². The Balaban J connectivity index is 1.30. The Morgan fingerprint density at radius 3 is 2.73 bits per heavy atom. The van der Waals surface area contributed by atoms with E-state index in [1.54, 1.807) is 18.0 Å². The number of nitrogens with one attached hydrogen (secondary N) is 2. The Hall–Kier alpha value is -2.49. The molecule has 2 aliphatic rings. The average molecular weight is 467 g/mol. The maximum absolute atomic E-state index is 5.58. The van der Waals surface area contributed by atoms with Gasteiger partial charge in [0.05, 0.1) is 37.1 Å². The lowest BCUT2D eigenvalue weighted by molar-refractivity contribution is -0.0121. The van der Waals surface area contributed by atoms with Crippen molar-refractivity contribution in [2.45, 2.75) is 63.5 Å². The third-order valence-corrected chi connectivity index (χ3v) is 8.15. The van der Waals surface area contributed by atoms with Crippen LogP contribution in [0.2, 0.25) is 0 Å². The van der Waals surface area contributed by atoms with Crippen LogP contribution in [-0.4, -0.2) is 57.0 Å². The van der Waals surface area contributed by atoms with Crippen LogP contribution in [0.5, 0.6) is 5.75 Å². The zero-order valence-corrected chi connectivity index (χ0v) is 20.1. The van der Waals surface area contributed by atoms with Crippen LogP contribution in [0, 0.1) is 0 Å². The van der Waals surface area contributed by atoms with Gasteiger partial charge in [0.1, 0.15) is 16.7 Å². The van der Waals surface area contributed by atoms with Crippen molar-refractivity contribution in [3.8, 4) is 17.0 Å². The minimum atomic E-state index is 0.339. The number of nitrogens with zero attached hydrogens (tertiary/aromatic N) is 4. The molecule has 4 aromatic heterocycles. The van der Waals surface area contributed by atoms with Crippen molar-refractivity contribution in [2.24, 2.45) is 0 Å². The summed E-state index contributed by atoms with van der Waals surface area (Å²) in [5.74, 6) is 1.61. The second-order valence-electron chi connectivity index (χ2n) is 9.57. The molecule has 0 radical (unpaired) electrons. The van der Waals surface area contributed by atoms with Crippen LogP contribution in [-0.2, 0) is 4.74 Å². The number of aromatic amines is 1. The molecule has 0 spiro atoms. The van der Waals surface area contributed by atoms with Gasteiger partial charge in [-0.3, -0.25) is 0 Å². The van der Waals surface area contributed by atoms with E-state index in [0.717, 1.165) is 40.5 Å². The van der Waals surface area contributed by atoms with Gasteiger partial charge >= 0.3 is 0 Å². The second kappa shape index (κ2) is 8.38. The quantitative estimate of drug-likeness (QED) is 0.436. The molecular formula is C24H30N6O2S. The molecule has 1 saturated heterocycles. The Kier molecular flexibility index (Phi) is 5.35. The topological polar surface area (TPSA) is 89.4 Å². The normalized spacial score (nSPS) is 21.8. The zero-order valence-electron chi connectivity index (χ0n) is 19.3. The highest BCUT2D eigenvalue weighted by Gasteiger charge is 2.29. The van der Waals surface area contributed by atoms with Gasteiger partial charge in [-0.25, -0.2) is 14.5 Å². The first kappa shape index (κ1) is 21.1. The number of hydrogen-bond acceptors (Lipinski definition) is 7. The van der Waals surface area contributed by atoms with E-state index in [4.69, 9.17) is 14.5 Å². The predicted octanol–water partition coefficient (Wildman–Crippen LogP) is 4.48. The summed E-state index contributed by atoms with van der Waals surface area (Å²) in [5.41, 5.74) is 5.22. The average Bonchev–Trinajstić information content (AvgIpc) is 3.49. The van der Waals surface area contributed by atoms with E-state index in [-0.39, 0.29) is 0 Å². The lowest BCUT2D eigenvalue weighted by atomic mass is 9.86. The number of aromatic nitrogens is 5. The van der Waals surface area contributed by atoms with Crippen LogP contribution < -0.4 is 10.1 Å². The molecule has 1 aliphatic carbocycles. The smallest absolute Gasteiger partial charge is 0.197 e. The lowest BCUT2D eigenvalue weighted by Crippen LogP contribution is -2.51. The fourth-order valence-corrected chi connectivity index (χ4v) is 6.38. The molecule has 8 nitrogen and oxygen atoms in total. The van der Waals surface area contributed by atoms with Gasteiger partial charge in [-0.15, -0.1) is 11.3 Å². The van der Waals surface area contributed by atoms with Crippen molar-refractivity contribution in [1.82, 2.24) is 29.9 Å². The minimum absolute atomic E-state index is 0.339. The summed E-state index contributed by atoms with van der Waals surface area (Å²) in [5, 5.41) is 9.35. The van der Waals surface area contributed by atoms with Crippen molar-refractivity contribution in [2.75, 3.05) is 20.3 Å². The fourth-order valence-electron chi connectivity index (χ4n) is 5.22. The molecule has 5 heterocycles. The number of fused-ring (bicyclic) bond motifs is 2. The van der Waals surface area contributed by atoms with E-state index < -0.39 is 0 Å². The van der Waals surface area contributed by atoms with E-state index in [1.807, 2.05) is 23.6 Å². The summed E-state index contributed by atoms with van der Waals surface area (Å²) in [4.78, 5) is 14.3. The number of methoxy groups -OCH3 is 1. The number of hydrogen-bond donors (Lipinski definition) is 2. The van der Waals surface area contributed by atoms with E-state index >= 15 is 0 Å². The van der Waals surface area contributed by atoms with E-state index in [9.17, 15) is 0 Å². The number of H-pyrrole nitrogens is 1. The van der Waals surface area contributed by atoms with E-state index in [2.05, 4.69) is 34.2 Å². The van der Waals surface area contributed by atoms with Crippen molar-refractivity contribution in [3.63, 3.8) is 0 Å². The molecule has 2 N–H and O–H groups in total. The van der Waals surface area contributed by atoms with Crippen LogP contribution in [0.4, 0.5) is 0 Å². The van der Waals surface area contributed by atoms with Gasteiger partial charge in [0.15, 0.2) is 11.4 Å². The zero-order chi connectivity index (χ0) is 22.5. The third kappa shape index (κ3) is 3.72. The molecule has 0 bridgehead atoms. The first-order valence-electron chi connectivity index (χ1n) is 11.8. The van der Waals surface area contributed by atoms with Gasteiger partial charge in [0.25, 0.3) is 0 Å². The third-order valence-electron chi connectivity index (χ3n) is 7.02. The molecule has 4 aromatic rings. The Labute approximate surface area is 196 Å². The van der Waals surface area contributed by atoms with Crippen molar-refractivity contribution < 1.29 is 9.47 Å². The molecule has 9 heteroatoms. The predicted molar refractivity (Wildman–Crippen MR) is 129 cm³/mol. The summed E-state index contributed by atoms with van der Waals surface area (Å²) in [6.45, 7) is 6.20. The highest BCUT2D eigenvalue weighted by Crippen LogP contribution is 2.42. The fraction of sp³-hybridized carbons (Fsp3) is 0.542. The van der Waals surface area contributed by atoms with Crippen LogP contribution in [0.1, 0.15) is 61.9 Å². The van der Waals surface area contributed by atoms with Crippen molar-refractivity contribution in [3.05, 3.63) is 29.2 Å². The van der Waals surface area contributed by atoms with Crippen molar-refractivity contribution in [1.29, 1.82) is 0 Å². The minimum Gasteiger partial charge on any atom is -0.493 e. The van der Waals surface area contributed by atoms with Crippen LogP contribution in [0.15, 0.2) is 18.6 Å². The first-order valence-corrected chi connectivity index (χ1v) is 12.7. The van der Waals surface area contributed by atoms with Crippen molar-refractivity contribution >= 4 is 27.3 Å². The molecule has 6 rings (SSSR count). The monoisotopic (exact) mass is 466 g/mol. The largest absolute Gasteiger partial charge is 0.493 e. The lowest BCUT2D eigenvalue weighted by Gasteiger charge is -2.35. The maximum Gasteiger partial charge on any atom is 0.197 e. The first-order chi connectivity index (χ1) is 16.1. The molecule has 174 valence electrons. The highest BCUT2D eigenvalue weighted by atomic mass is 32.1. The van der Waals surface area contributed by atoms with Gasteiger partial charge < -0.3 is 19.8 Å². The van der Waals surface area contributed by atoms with Gasteiger partial charge in [-0.2, -0.15) is 5.10 Å². The van der Waals surface area contributed by atoms with Gasteiger partial charge in [0.2, 0.25) is 0 Å². The molecule has 0 aromatic carbocycles. The summed E-state index contributed by atoms with van der Waals surface area (Å²) < 4.78 is 12.7. The van der Waals surface area contributed by atoms with Gasteiger partial charge in [0, 0.05) is 29.3 Å². The highest BCUT2D eigenvalue weighted by molar-refractivity contribution is 7.18. The van der Waals surface area contributed by atoms with E-state index in [1.165, 1.54) is 36.3 Å². The standard InChI is InChI=1S/C24H30N6O2S/c1-13(2)19-20(15-8-18(31-3)22-25-12-26-30(22)9-15)28-24-21(19)29-23(33-24)14-4-6-16(7-5-14)27-17-10-32-11-17/h8-9,12-14,16-17,27-28H,4-7,10-11H2,1-3H3. The summed E-state index contributed by atoms with van der Waals surface area (Å²) in [6, 6.07) is 3.22. The number of rotatable bonds is 6. The molecule has 1 aliphatic heterocycles. The van der Waals surface area contributed by atoms with Crippen LogP contribution in [0.3, 0.4) is 0 Å². The van der Waals surface area contributed by atoms with Crippen LogP contribution >= 0.6 is 11.3 Å².